The van der Waals surface area contributed by atoms with E-state index in [2.05, 4.69) is 54.7 Å². The number of sulfonamides is 1. The summed E-state index contributed by atoms with van der Waals surface area (Å²) in [6.45, 7) is 10.9. The molecule has 0 unspecified atom stereocenters. The first kappa shape index (κ1) is 28.6. The minimum absolute atomic E-state index is 0.0256. The maximum Gasteiger partial charge on any atom is 0.258 e. The zero-order chi connectivity index (χ0) is 29.9. The van der Waals surface area contributed by atoms with Gasteiger partial charge < -0.3 is 19.6 Å². The average molecular weight is 590 g/mol. The van der Waals surface area contributed by atoms with Crippen LogP contribution in [0, 0.1) is 5.41 Å². The van der Waals surface area contributed by atoms with Crippen molar-refractivity contribution in [2.45, 2.75) is 45.4 Å². The molecule has 2 N–H and O–H groups in total. The van der Waals surface area contributed by atoms with Crippen LogP contribution in [-0.2, 0) is 26.6 Å². The molecule has 9 heteroatoms. The Kier molecular flexibility index (Phi) is 7.01. The fraction of sp³-hybridized carbons (Fsp3) is 0.424. The van der Waals surface area contributed by atoms with Crippen LogP contribution < -0.4 is 14.5 Å². The summed E-state index contributed by atoms with van der Waals surface area (Å²) < 4.78 is 31.6. The van der Waals surface area contributed by atoms with E-state index < -0.39 is 10.0 Å². The lowest BCUT2D eigenvalue weighted by atomic mass is 9.84. The van der Waals surface area contributed by atoms with Crippen LogP contribution in [0.1, 0.15) is 55.1 Å². The lowest BCUT2D eigenvalue weighted by molar-refractivity contribution is 0.0980. The largest absolute Gasteiger partial charge is 0.506 e. The summed E-state index contributed by atoms with van der Waals surface area (Å²) >= 11 is 0. The van der Waals surface area contributed by atoms with E-state index in [0.29, 0.717) is 24.2 Å². The molecule has 2 fully saturated rings. The predicted octanol–water partition coefficient (Wildman–Crippen LogP) is 5.55. The molecule has 222 valence electrons. The van der Waals surface area contributed by atoms with Gasteiger partial charge in [0.1, 0.15) is 5.75 Å². The smallest absolute Gasteiger partial charge is 0.258 e. The number of hydrogen-bond donors (Lipinski definition) is 2. The minimum atomic E-state index is -3.59. The van der Waals surface area contributed by atoms with Crippen LogP contribution in [0.3, 0.4) is 0 Å². The molecule has 8 nitrogen and oxygen atoms in total. The molecule has 42 heavy (non-hydrogen) atoms. The van der Waals surface area contributed by atoms with Crippen LogP contribution in [0.25, 0.3) is 11.1 Å². The molecular weight excluding hydrogens is 550 g/mol. The maximum atomic E-state index is 13.6. The van der Waals surface area contributed by atoms with E-state index in [-0.39, 0.29) is 28.2 Å². The highest BCUT2D eigenvalue weighted by atomic mass is 32.2. The van der Waals surface area contributed by atoms with Crippen LogP contribution in [0.4, 0.5) is 17.1 Å². The molecule has 6 rings (SSSR count). The SMILES string of the molecule is CC(C)(C)c1ccc(-c2ccc3c(c2)CCN(c2ccc(O)c(NS(C)(=O)=O)c2)C3=O)c(N2CC[C@]3(CCOC3)C2)c1. The van der Waals surface area contributed by atoms with Crippen molar-refractivity contribution in [3.8, 4) is 16.9 Å². The van der Waals surface area contributed by atoms with Crippen LogP contribution in [0.2, 0.25) is 0 Å². The van der Waals surface area contributed by atoms with Crippen molar-refractivity contribution >= 4 is 33.0 Å². The van der Waals surface area contributed by atoms with Crippen molar-refractivity contribution in [2.75, 3.05) is 53.6 Å². The first-order valence-electron chi connectivity index (χ1n) is 14.6. The summed E-state index contributed by atoms with van der Waals surface area (Å²) in [4.78, 5) is 17.8. The van der Waals surface area contributed by atoms with Gasteiger partial charge >= 0.3 is 0 Å². The van der Waals surface area contributed by atoms with Crippen LogP contribution in [0.15, 0.2) is 54.6 Å². The third-order valence-corrected chi connectivity index (χ3v) is 9.50. The van der Waals surface area contributed by atoms with E-state index >= 15 is 0 Å². The number of amides is 1. The molecule has 1 spiro atoms. The minimum Gasteiger partial charge on any atom is -0.506 e. The summed E-state index contributed by atoms with van der Waals surface area (Å²) in [5, 5.41) is 10.1. The van der Waals surface area contributed by atoms with Gasteiger partial charge in [0, 0.05) is 54.2 Å². The van der Waals surface area contributed by atoms with Crippen molar-refractivity contribution in [3.05, 3.63) is 71.3 Å². The molecule has 3 aromatic rings. The summed E-state index contributed by atoms with van der Waals surface area (Å²) in [5.41, 5.74) is 7.27. The van der Waals surface area contributed by atoms with E-state index in [1.807, 2.05) is 12.1 Å². The Bertz CT molecular complexity index is 1650. The molecule has 0 aromatic heterocycles. The van der Waals surface area contributed by atoms with Gasteiger partial charge in [-0.3, -0.25) is 9.52 Å². The topological polar surface area (TPSA) is 99.2 Å². The molecule has 3 aliphatic rings. The van der Waals surface area contributed by atoms with Gasteiger partial charge in [-0.25, -0.2) is 8.42 Å². The van der Waals surface area contributed by atoms with E-state index in [4.69, 9.17) is 4.74 Å². The highest BCUT2D eigenvalue weighted by molar-refractivity contribution is 7.92. The zero-order valence-corrected chi connectivity index (χ0v) is 25.6. The Morgan fingerprint density at radius 1 is 0.976 bits per heavy atom. The first-order chi connectivity index (χ1) is 19.8. The average Bonchev–Trinajstić information content (AvgIpc) is 3.58. The monoisotopic (exact) mass is 589 g/mol. The maximum absolute atomic E-state index is 13.6. The third kappa shape index (κ3) is 5.47. The number of aromatic hydroxyl groups is 1. The van der Waals surface area contributed by atoms with Gasteiger partial charge in [0.2, 0.25) is 10.0 Å². The predicted molar refractivity (Wildman–Crippen MR) is 167 cm³/mol. The number of nitrogens with one attached hydrogen (secondary N) is 1. The van der Waals surface area contributed by atoms with E-state index in [1.54, 1.807) is 11.0 Å². The lowest BCUT2D eigenvalue weighted by Gasteiger charge is -2.30. The van der Waals surface area contributed by atoms with Gasteiger partial charge in [-0.05, 0) is 71.7 Å². The van der Waals surface area contributed by atoms with Gasteiger partial charge in [-0.1, -0.05) is 45.0 Å². The first-order valence-corrected chi connectivity index (χ1v) is 16.4. The molecule has 1 amide bonds. The molecule has 3 aromatic carbocycles. The van der Waals surface area contributed by atoms with Gasteiger partial charge in [-0.2, -0.15) is 0 Å². The summed E-state index contributed by atoms with van der Waals surface area (Å²) in [6.07, 6.45) is 3.93. The number of fused-ring (bicyclic) bond motifs is 1. The van der Waals surface area contributed by atoms with Gasteiger partial charge in [0.25, 0.3) is 5.91 Å². The van der Waals surface area contributed by atoms with E-state index in [9.17, 15) is 18.3 Å². The van der Waals surface area contributed by atoms with Crippen molar-refractivity contribution in [1.82, 2.24) is 0 Å². The Morgan fingerprint density at radius 3 is 2.48 bits per heavy atom. The van der Waals surface area contributed by atoms with E-state index in [1.165, 1.54) is 28.9 Å². The number of rotatable bonds is 5. The number of ether oxygens (including phenoxy) is 1. The number of phenols is 1. The molecule has 0 saturated carbocycles. The second kappa shape index (κ2) is 10.3. The Morgan fingerprint density at radius 2 is 1.76 bits per heavy atom. The Labute approximate surface area is 248 Å². The third-order valence-electron chi connectivity index (χ3n) is 8.91. The second-order valence-electron chi connectivity index (χ2n) is 13.1. The standard InChI is InChI=1S/C33H39N3O5S/c1-32(2,3)24-6-9-26(29(18-24)35-15-12-33(20-35)13-16-41-21-33)22-5-8-27-23(17-22)11-14-36(31(27)38)25-7-10-30(37)28(19-25)34-42(4,39)40/h5-10,17-19,34,37H,11-16,20-21H2,1-4H3/t33-/m0/s1. The fourth-order valence-corrected chi connectivity index (χ4v) is 7.05. The molecule has 1 atom stereocenters. The Hall–Kier alpha value is -3.56. The highest BCUT2D eigenvalue weighted by Crippen LogP contribution is 2.44. The number of benzene rings is 3. The number of hydrogen-bond acceptors (Lipinski definition) is 6. The number of carbonyl (C=O) groups excluding carboxylic acids is 1. The summed E-state index contributed by atoms with van der Waals surface area (Å²) in [6, 6.07) is 17.4. The van der Waals surface area contributed by atoms with Crippen molar-refractivity contribution in [1.29, 1.82) is 0 Å². The number of nitrogens with zero attached hydrogens (tertiary/aromatic N) is 2. The van der Waals surface area contributed by atoms with Gasteiger partial charge in [0.15, 0.2) is 0 Å². The fourth-order valence-electron chi connectivity index (χ4n) is 6.49. The zero-order valence-electron chi connectivity index (χ0n) is 24.7. The number of anilines is 3. The van der Waals surface area contributed by atoms with Gasteiger partial charge in [-0.15, -0.1) is 0 Å². The molecule has 0 bridgehead atoms. The van der Waals surface area contributed by atoms with Crippen molar-refractivity contribution in [3.63, 3.8) is 0 Å². The highest BCUT2D eigenvalue weighted by Gasteiger charge is 2.42. The van der Waals surface area contributed by atoms with E-state index in [0.717, 1.165) is 56.5 Å². The van der Waals surface area contributed by atoms with Crippen molar-refractivity contribution in [2.24, 2.45) is 5.41 Å². The quantitative estimate of drug-likeness (QED) is 0.379. The molecule has 0 radical (unpaired) electrons. The van der Waals surface area contributed by atoms with Crippen molar-refractivity contribution < 1.29 is 23.1 Å². The normalized spacial score (nSPS) is 20.8. The van der Waals surface area contributed by atoms with Gasteiger partial charge in [0.05, 0.1) is 18.6 Å². The van der Waals surface area contributed by atoms with Crippen LogP contribution in [0.5, 0.6) is 5.75 Å². The molecule has 2 saturated heterocycles. The molecule has 3 aliphatic heterocycles. The summed E-state index contributed by atoms with van der Waals surface area (Å²) in [7, 11) is -3.59. The van der Waals surface area contributed by atoms with Crippen LogP contribution >= 0.6 is 0 Å². The summed E-state index contributed by atoms with van der Waals surface area (Å²) in [5.74, 6) is -0.346. The molecule has 3 heterocycles. The molecular formula is C33H39N3O5S. The van der Waals surface area contributed by atoms with Crippen LogP contribution in [-0.4, -0.2) is 58.5 Å². The molecule has 0 aliphatic carbocycles. The second-order valence-corrected chi connectivity index (χ2v) is 14.9. The lowest BCUT2D eigenvalue weighted by Crippen LogP contribution is -2.37. The number of phenolic OH excluding ortho intramolecular Hbond substituents is 1. The Balaban J connectivity index is 1.32. The number of carbonyl (C=O) groups is 1.